The molecule has 26 heavy (non-hydrogen) atoms. The maximum Gasteiger partial charge on any atom is 0.265 e. The number of sulfonamides is 1. The summed E-state index contributed by atoms with van der Waals surface area (Å²) >= 11 is 8.89. The normalized spacial score (nSPS) is 11.3. The van der Waals surface area contributed by atoms with Crippen molar-refractivity contribution in [1.29, 1.82) is 0 Å². The van der Waals surface area contributed by atoms with Gasteiger partial charge >= 0.3 is 0 Å². The Morgan fingerprint density at radius 3 is 2.38 bits per heavy atom. The van der Waals surface area contributed by atoms with Crippen molar-refractivity contribution in [3.63, 3.8) is 0 Å². The van der Waals surface area contributed by atoms with E-state index < -0.39 is 26.5 Å². The highest BCUT2D eigenvalue weighted by molar-refractivity contribution is 9.10. The minimum Gasteiger partial charge on any atom is -0.505 e. The molecule has 0 aliphatic heterocycles. The van der Waals surface area contributed by atoms with Crippen molar-refractivity contribution in [1.82, 2.24) is 0 Å². The molecule has 3 rings (SSSR count). The van der Waals surface area contributed by atoms with Crippen LogP contribution in [0.2, 0.25) is 5.02 Å². The van der Waals surface area contributed by atoms with Crippen molar-refractivity contribution in [2.45, 2.75) is 4.90 Å². The highest BCUT2D eigenvalue weighted by atomic mass is 79.9. The highest BCUT2D eigenvalue weighted by Gasteiger charge is 2.23. The summed E-state index contributed by atoms with van der Waals surface area (Å²) in [6.07, 6.45) is 0. The molecule has 0 unspecified atom stereocenters. The summed E-state index contributed by atoms with van der Waals surface area (Å²) in [6.45, 7) is 0. The molecule has 0 fully saturated rings. The lowest BCUT2D eigenvalue weighted by Gasteiger charge is -2.13. The Kier molecular flexibility index (Phi) is 5.22. The van der Waals surface area contributed by atoms with Gasteiger partial charge in [-0.1, -0.05) is 48.0 Å². The fourth-order valence-electron chi connectivity index (χ4n) is 2.36. The molecule has 0 spiro atoms. The number of anilines is 1. The van der Waals surface area contributed by atoms with Crippen LogP contribution in [0, 0.1) is 5.82 Å². The number of hydrogen-bond donors (Lipinski definition) is 2. The maximum absolute atomic E-state index is 14.2. The second-order valence-corrected chi connectivity index (χ2v) is 8.34. The maximum atomic E-state index is 14.2. The standard InChI is InChI=1S/C18H12BrClFNO3S/c19-14-9-13(20)10-17(18(14)23)26(24,25)22-16-8-12(6-7-15(16)21)11-4-2-1-3-5-11/h1-10,22-23H. The van der Waals surface area contributed by atoms with Gasteiger partial charge in [-0.3, -0.25) is 4.72 Å². The van der Waals surface area contributed by atoms with E-state index in [0.29, 0.717) is 5.56 Å². The van der Waals surface area contributed by atoms with E-state index in [1.165, 1.54) is 18.2 Å². The molecule has 3 aromatic rings. The molecular formula is C18H12BrClFNO3S. The molecule has 8 heteroatoms. The predicted octanol–water partition coefficient (Wildman–Crippen LogP) is 5.42. The van der Waals surface area contributed by atoms with Crippen LogP contribution in [0.3, 0.4) is 0 Å². The number of nitrogens with one attached hydrogen (secondary N) is 1. The summed E-state index contributed by atoms with van der Waals surface area (Å²) in [5.74, 6) is -1.25. The number of aromatic hydroxyl groups is 1. The van der Waals surface area contributed by atoms with E-state index in [9.17, 15) is 17.9 Å². The predicted molar refractivity (Wildman–Crippen MR) is 103 cm³/mol. The zero-order valence-corrected chi connectivity index (χ0v) is 16.2. The molecule has 0 aliphatic carbocycles. The monoisotopic (exact) mass is 455 g/mol. The second kappa shape index (κ2) is 7.26. The largest absolute Gasteiger partial charge is 0.505 e. The SMILES string of the molecule is O=S(=O)(Nc1cc(-c2ccccc2)ccc1F)c1cc(Cl)cc(Br)c1O. The summed E-state index contributed by atoms with van der Waals surface area (Å²) < 4.78 is 41.7. The summed E-state index contributed by atoms with van der Waals surface area (Å²) in [4.78, 5) is -0.457. The van der Waals surface area contributed by atoms with E-state index >= 15 is 0 Å². The van der Waals surface area contributed by atoms with Crippen LogP contribution < -0.4 is 4.72 Å². The number of phenols is 1. The van der Waals surface area contributed by atoms with E-state index in [0.717, 1.165) is 11.6 Å². The van der Waals surface area contributed by atoms with Crippen LogP contribution >= 0.6 is 27.5 Å². The zero-order valence-electron chi connectivity index (χ0n) is 13.1. The molecule has 2 N–H and O–H groups in total. The molecule has 0 atom stereocenters. The van der Waals surface area contributed by atoms with Gasteiger partial charge in [-0.25, -0.2) is 12.8 Å². The Bertz CT molecular complexity index is 1080. The Balaban J connectivity index is 2.03. The van der Waals surface area contributed by atoms with Crippen LogP contribution in [0.5, 0.6) is 5.75 Å². The van der Waals surface area contributed by atoms with Crippen molar-refractivity contribution in [2.75, 3.05) is 4.72 Å². The number of phenolic OH excluding ortho intramolecular Hbond substituents is 1. The molecule has 0 heterocycles. The Labute approximate surface area is 163 Å². The zero-order chi connectivity index (χ0) is 18.9. The second-order valence-electron chi connectivity index (χ2n) is 5.40. The molecule has 0 amide bonds. The molecule has 0 bridgehead atoms. The van der Waals surface area contributed by atoms with E-state index in [-0.39, 0.29) is 15.2 Å². The first-order chi connectivity index (χ1) is 12.3. The first-order valence-electron chi connectivity index (χ1n) is 7.34. The van der Waals surface area contributed by atoms with Gasteiger partial charge in [0.05, 0.1) is 10.2 Å². The Morgan fingerprint density at radius 2 is 1.69 bits per heavy atom. The van der Waals surface area contributed by atoms with Gasteiger partial charge < -0.3 is 5.11 Å². The number of halogens is 3. The van der Waals surface area contributed by atoms with Crippen LogP contribution in [0.4, 0.5) is 10.1 Å². The highest BCUT2D eigenvalue weighted by Crippen LogP contribution is 2.36. The average molecular weight is 457 g/mol. The van der Waals surface area contributed by atoms with Crippen molar-refractivity contribution in [3.05, 3.63) is 76.0 Å². The summed E-state index contributed by atoms with van der Waals surface area (Å²) in [5.41, 5.74) is 1.21. The number of hydrogen-bond acceptors (Lipinski definition) is 3. The van der Waals surface area contributed by atoms with Crippen LogP contribution in [-0.2, 0) is 10.0 Å². The minimum absolute atomic E-state index is 0.105. The molecule has 0 radical (unpaired) electrons. The first kappa shape index (κ1) is 18.7. The third kappa shape index (κ3) is 3.85. The molecule has 0 saturated carbocycles. The van der Waals surface area contributed by atoms with Crippen LogP contribution in [0.25, 0.3) is 11.1 Å². The molecule has 3 aromatic carbocycles. The van der Waals surface area contributed by atoms with Crippen molar-refractivity contribution in [2.24, 2.45) is 0 Å². The van der Waals surface area contributed by atoms with Crippen molar-refractivity contribution >= 4 is 43.2 Å². The third-order valence-electron chi connectivity index (χ3n) is 3.60. The minimum atomic E-state index is -4.26. The van der Waals surface area contributed by atoms with Gasteiger partial charge in [0, 0.05) is 5.02 Å². The van der Waals surface area contributed by atoms with Crippen LogP contribution in [0.15, 0.2) is 70.0 Å². The van der Waals surface area contributed by atoms with E-state index in [1.807, 2.05) is 30.3 Å². The van der Waals surface area contributed by atoms with Gasteiger partial charge in [0.1, 0.15) is 16.5 Å². The van der Waals surface area contributed by atoms with Gasteiger partial charge in [0.2, 0.25) is 0 Å². The fraction of sp³-hybridized carbons (Fsp3) is 0. The Morgan fingerprint density at radius 1 is 1.00 bits per heavy atom. The smallest absolute Gasteiger partial charge is 0.265 e. The van der Waals surface area contributed by atoms with Gasteiger partial charge in [-0.05, 0) is 51.3 Å². The summed E-state index contributed by atoms with van der Waals surface area (Å²) in [7, 11) is -4.26. The quantitative estimate of drug-likeness (QED) is 0.551. The average Bonchev–Trinajstić information content (AvgIpc) is 2.60. The molecule has 0 saturated heterocycles. The van der Waals surface area contributed by atoms with Crippen molar-refractivity contribution in [3.8, 4) is 16.9 Å². The van der Waals surface area contributed by atoms with Gasteiger partial charge in [-0.15, -0.1) is 0 Å². The summed E-state index contributed by atoms with van der Waals surface area (Å²) in [5, 5.41) is 10.1. The van der Waals surface area contributed by atoms with E-state index in [4.69, 9.17) is 11.6 Å². The van der Waals surface area contributed by atoms with Crippen molar-refractivity contribution < 1.29 is 17.9 Å². The van der Waals surface area contributed by atoms with E-state index in [1.54, 1.807) is 6.07 Å². The topological polar surface area (TPSA) is 66.4 Å². The molecule has 0 aliphatic rings. The molecular weight excluding hydrogens is 445 g/mol. The first-order valence-corrected chi connectivity index (χ1v) is 9.99. The van der Waals surface area contributed by atoms with E-state index in [2.05, 4.69) is 20.7 Å². The molecule has 0 aromatic heterocycles. The van der Waals surface area contributed by atoms with Crippen LogP contribution in [0.1, 0.15) is 0 Å². The van der Waals surface area contributed by atoms with Gasteiger partial charge in [0.15, 0.2) is 0 Å². The lowest BCUT2D eigenvalue weighted by molar-refractivity contribution is 0.455. The number of rotatable bonds is 4. The third-order valence-corrected chi connectivity index (χ3v) is 5.80. The lowest BCUT2D eigenvalue weighted by Crippen LogP contribution is -2.14. The van der Waals surface area contributed by atoms with Crippen LogP contribution in [-0.4, -0.2) is 13.5 Å². The number of benzene rings is 3. The van der Waals surface area contributed by atoms with Gasteiger partial charge in [-0.2, -0.15) is 0 Å². The van der Waals surface area contributed by atoms with Gasteiger partial charge in [0.25, 0.3) is 10.0 Å². The molecule has 4 nitrogen and oxygen atoms in total. The molecule has 134 valence electrons. The Hall–Kier alpha value is -2.09. The fourth-order valence-corrected chi connectivity index (χ4v) is 4.57. The summed E-state index contributed by atoms with van der Waals surface area (Å²) in [6, 6.07) is 15.7. The lowest BCUT2D eigenvalue weighted by atomic mass is 10.1.